The second kappa shape index (κ2) is 3.69. The molecule has 64 valence electrons. The Balaban J connectivity index is 2.29. The Labute approximate surface area is 66.0 Å². The van der Waals surface area contributed by atoms with E-state index in [0.29, 0.717) is 12.5 Å². The Morgan fingerprint density at radius 2 is 2.55 bits per heavy atom. The molecule has 0 aromatic rings. The lowest BCUT2D eigenvalue weighted by atomic mass is 10.2. The molecule has 1 fully saturated rings. The molecule has 1 rings (SSSR count). The van der Waals surface area contributed by atoms with Crippen LogP contribution in [0.15, 0.2) is 0 Å². The van der Waals surface area contributed by atoms with Crippen molar-refractivity contribution in [3.63, 3.8) is 0 Å². The Kier molecular flexibility index (Phi) is 2.84. The van der Waals surface area contributed by atoms with E-state index in [9.17, 15) is 4.79 Å². The number of carbonyl (C=O) groups is 1. The summed E-state index contributed by atoms with van der Waals surface area (Å²) in [5.74, 6) is -0.745. The smallest absolute Gasteiger partial charge is 0.320 e. The summed E-state index contributed by atoms with van der Waals surface area (Å²) in [6.07, 6.45) is 0.698. The summed E-state index contributed by atoms with van der Waals surface area (Å²) in [6, 6.07) is -0.0138. The van der Waals surface area contributed by atoms with Crippen molar-refractivity contribution in [2.45, 2.75) is 25.4 Å². The molecule has 0 unspecified atom stereocenters. The van der Waals surface area contributed by atoms with Gasteiger partial charge in [-0.15, -0.1) is 0 Å². The van der Waals surface area contributed by atoms with Crippen LogP contribution in [0.2, 0.25) is 0 Å². The first-order valence-electron chi connectivity index (χ1n) is 3.93. The monoisotopic (exact) mass is 158 g/mol. The zero-order chi connectivity index (χ0) is 8.27. The van der Waals surface area contributed by atoms with Gasteiger partial charge in [0.15, 0.2) is 0 Å². The van der Waals surface area contributed by atoms with Gasteiger partial charge in [0, 0.05) is 12.6 Å². The molecule has 4 heteroatoms. The van der Waals surface area contributed by atoms with Crippen LogP contribution in [0.4, 0.5) is 0 Å². The number of hydrogen-bond acceptors (Lipinski definition) is 3. The average molecular weight is 158 g/mol. The predicted molar refractivity (Wildman–Crippen MR) is 41.5 cm³/mol. The van der Waals surface area contributed by atoms with E-state index in [1.807, 2.05) is 6.92 Å². The van der Waals surface area contributed by atoms with Gasteiger partial charge in [0.25, 0.3) is 0 Å². The second-order valence-corrected chi connectivity index (χ2v) is 2.79. The summed E-state index contributed by atoms with van der Waals surface area (Å²) in [5.41, 5.74) is 0. The Morgan fingerprint density at radius 3 is 3.00 bits per heavy atom. The lowest BCUT2D eigenvalue weighted by molar-refractivity contribution is -0.139. The summed E-state index contributed by atoms with van der Waals surface area (Å²) in [4.78, 5) is 10.5. The van der Waals surface area contributed by atoms with Crippen molar-refractivity contribution >= 4 is 5.97 Å². The van der Waals surface area contributed by atoms with E-state index in [0.717, 1.165) is 13.1 Å². The number of carboxylic acids is 1. The lowest BCUT2D eigenvalue weighted by Gasteiger charge is -2.07. The molecule has 11 heavy (non-hydrogen) atoms. The van der Waals surface area contributed by atoms with Crippen LogP contribution < -0.4 is 10.6 Å². The van der Waals surface area contributed by atoms with Crippen LogP contribution in [0.25, 0.3) is 0 Å². The molecule has 0 spiro atoms. The molecule has 1 heterocycles. The first-order valence-corrected chi connectivity index (χ1v) is 3.93. The minimum atomic E-state index is -0.745. The van der Waals surface area contributed by atoms with Crippen molar-refractivity contribution in [2.75, 3.05) is 13.1 Å². The number of likely N-dealkylation sites (N-methyl/N-ethyl adjacent to an activating group) is 1. The van der Waals surface area contributed by atoms with E-state index in [-0.39, 0.29) is 6.04 Å². The van der Waals surface area contributed by atoms with Crippen LogP contribution in [-0.4, -0.2) is 36.2 Å². The normalized spacial score (nSPS) is 30.6. The fourth-order valence-corrected chi connectivity index (χ4v) is 1.37. The molecule has 0 aromatic heterocycles. The van der Waals surface area contributed by atoms with E-state index in [1.165, 1.54) is 0 Å². The van der Waals surface area contributed by atoms with Gasteiger partial charge in [-0.25, -0.2) is 0 Å². The molecule has 0 aliphatic carbocycles. The SMILES string of the molecule is CCN[C@@H]1CN[C@@H](C(=O)O)C1. The van der Waals surface area contributed by atoms with E-state index in [2.05, 4.69) is 10.6 Å². The molecule has 0 bridgehead atoms. The summed E-state index contributed by atoms with van der Waals surface area (Å²) in [7, 11) is 0. The third-order valence-corrected chi connectivity index (χ3v) is 1.92. The van der Waals surface area contributed by atoms with Crippen LogP contribution in [0.5, 0.6) is 0 Å². The van der Waals surface area contributed by atoms with Crippen LogP contribution in [0.1, 0.15) is 13.3 Å². The van der Waals surface area contributed by atoms with Crippen molar-refractivity contribution in [1.29, 1.82) is 0 Å². The highest BCUT2D eigenvalue weighted by Gasteiger charge is 2.27. The van der Waals surface area contributed by atoms with Crippen LogP contribution in [-0.2, 0) is 4.79 Å². The van der Waals surface area contributed by atoms with Gasteiger partial charge in [-0.1, -0.05) is 6.92 Å². The average Bonchev–Trinajstić information content (AvgIpc) is 2.37. The Hall–Kier alpha value is -0.610. The molecule has 2 atom stereocenters. The molecule has 3 N–H and O–H groups in total. The van der Waals surface area contributed by atoms with E-state index < -0.39 is 5.97 Å². The molecule has 0 aromatic carbocycles. The number of nitrogens with one attached hydrogen (secondary N) is 2. The summed E-state index contributed by atoms with van der Waals surface area (Å²) in [6.45, 7) is 3.69. The molecule has 1 aliphatic rings. The third-order valence-electron chi connectivity index (χ3n) is 1.92. The molecule has 4 nitrogen and oxygen atoms in total. The van der Waals surface area contributed by atoms with Gasteiger partial charge < -0.3 is 15.7 Å². The summed E-state index contributed by atoms with van der Waals surface area (Å²) < 4.78 is 0. The van der Waals surface area contributed by atoms with Crippen molar-refractivity contribution < 1.29 is 9.90 Å². The summed E-state index contributed by atoms with van der Waals surface area (Å²) in [5, 5.41) is 14.7. The van der Waals surface area contributed by atoms with Crippen molar-refractivity contribution in [3.05, 3.63) is 0 Å². The molecular weight excluding hydrogens is 144 g/mol. The Bertz CT molecular complexity index is 149. The van der Waals surface area contributed by atoms with Crippen LogP contribution in [0, 0.1) is 0 Å². The highest BCUT2D eigenvalue weighted by Crippen LogP contribution is 2.05. The molecule has 1 aliphatic heterocycles. The fourth-order valence-electron chi connectivity index (χ4n) is 1.37. The largest absolute Gasteiger partial charge is 0.480 e. The summed E-state index contributed by atoms with van der Waals surface area (Å²) >= 11 is 0. The van der Waals surface area contributed by atoms with E-state index >= 15 is 0 Å². The quantitative estimate of drug-likeness (QED) is 0.514. The minimum absolute atomic E-state index is 0.334. The van der Waals surface area contributed by atoms with Crippen molar-refractivity contribution in [1.82, 2.24) is 10.6 Å². The van der Waals surface area contributed by atoms with Crippen molar-refractivity contribution in [2.24, 2.45) is 0 Å². The molecular formula is C7H14N2O2. The zero-order valence-corrected chi connectivity index (χ0v) is 6.63. The van der Waals surface area contributed by atoms with Gasteiger partial charge in [-0.3, -0.25) is 4.79 Å². The molecule has 1 saturated heterocycles. The maximum Gasteiger partial charge on any atom is 0.320 e. The first-order chi connectivity index (χ1) is 5.24. The zero-order valence-electron chi connectivity index (χ0n) is 6.63. The van der Waals surface area contributed by atoms with Gasteiger partial charge in [0.1, 0.15) is 6.04 Å². The minimum Gasteiger partial charge on any atom is -0.480 e. The Morgan fingerprint density at radius 1 is 1.82 bits per heavy atom. The van der Waals surface area contributed by atoms with Gasteiger partial charge in [0.05, 0.1) is 0 Å². The topological polar surface area (TPSA) is 61.4 Å². The van der Waals surface area contributed by atoms with E-state index in [4.69, 9.17) is 5.11 Å². The van der Waals surface area contributed by atoms with Gasteiger partial charge in [0.2, 0.25) is 0 Å². The third kappa shape index (κ3) is 2.17. The second-order valence-electron chi connectivity index (χ2n) is 2.79. The molecule has 0 saturated carbocycles. The number of hydrogen-bond donors (Lipinski definition) is 3. The number of aliphatic carboxylic acids is 1. The fraction of sp³-hybridized carbons (Fsp3) is 0.857. The highest BCUT2D eigenvalue weighted by molar-refractivity contribution is 5.73. The molecule has 0 amide bonds. The highest BCUT2D eigenvalue weighted by atomic mass is 16.4. The van der Waals surface area contributed by atoms with Gasteiger partial charge in [-0.2, -0.15) is 0 Å². The predicted octanol–water partition coefficient (Wildman–Crippen LogP) is -0.589. The molecule has 0 radical (unpaired) electrons. The maximum absolute atomic E-state index is 10.5. The van der Waals surface area contributed by atoms with Crippen molar-refractivity contribution in [3.8, 4) is 0 Å². The van der Waals surface area contributed by atoms with Gasteiger partial charge >= 0.3 is 5.97 Å². The standard InChI is InChI=1S/C7H14N2O2/c1-2-8-5-3-6(7(10)11)9-4-5/h5-6,8-9H,2-4H2,1H3,(H,10,11)/t5-,6+/m0/s1. The first kappa shape index (κ1) is 8.49. The number of rotatable bonds is 3. The van der Waals surface area contributed by atoms with Crippen LogP contribution in [0.3, 0.4) is 0 Å². The van der Waals surface area contributed by atoms with Crippen LogP contribution >= 0.6 is 0 Å². The van der Waals surface area contributed by atoms with Gasteiger partial charge in [-0.05, 0) is 13.0 Å². The number of carboxylic acid groups (broad SMARTS) is 1. The van der Waals surface area contributed by atoms with E-state index in [1.54, 1.807) is 0 Å². The lowest BCUT2D eigenvalue weighted by Crippen LogP contribution is -2.30. The maximum atomic E-state index is 10.5.